The number of hydrogen-bond donors (Lipinski definition) is 0. The summed E-state index contributed by atoms with van der Waals surface area (Å²) in [4.78, 5) is 13.2. The van der Waals surface area contributed by atoms with Crippen molar-refractivity contribution in [3.05, 3.63) is 210 Å². The first-order valence-electron chi connectivity index (χ1n) is 20.9. The highest BCUT2D eigenvalue weighted by Crippen LogP contribution is 2.41. The van der Waals surface area contributed by atoms with E-state index in [0.29, 0.717) is 11.8 Å². The molecule has 0 amide bonds. The van der Waals surface area contributed by atoms with Gasteiger partial charge in [-0.1, -0.05) is 138 Å². The Balaban J connectivity index is 1.07. The molecule has 0 aliphatic rings. The first-order valence-corrected chi connectivity index (χ1v) is 20.9. The molecule has 8 aromatic carbocycles. The lowest BCUT2D eigenvalue weighted by Crippen LogP contribution is -2.09. The Hall–Kier alpha value is -7.96. The van der Waals surface area contributed by atoms with E-state index in [4.69, 9.17) is 14.4 Å². The van der Waals surface area contributed by atoms with Gasteiger partial charge in [0.15, 0.2) is 0 Å². The van der Waals surface area contributed by atoms with E-state index < -0.39 is 0 Å². The maximum absolute atomic E-state index is 6.07. The summed E-state index contributed by atoms with van der Waals surface area (Å²) in [6.07, 6.45) is 0. The lowest BCUT2D eigenvalue weighted by Gasteiger charge is -2.25. The van der Waals surface area contributed by atoms with E-state index in [1.165, 1.54) is 33.4 Å². The number of fused-ring (bicyclic) bond motifs is 1. The summed E-state index contributed by atoms with van der Waals surface area (Å²) < 4.78 is 6.07. The first kappa shape index (κ1) is 38.3. The summed E-state index contributed by atoms with van der Waals surface area (Å²) in [5.41, 5.74) is 19.6. The first-order chi connectivity index (χ1) is 30.3. The topological polar surface area (TPSA) is 67.9 Å². The molecule has 0 bridgehead atoms. The van der Waals surface area contributed by atoms with Gasteiger partial charge in [-0.3, -0.25) is 0 Å². The smallest absolute Gasteiger partial charge is 0.248 e. The second-order valence-corrected chi connectivity index (χ2v) is 16.0. The van der Waals surface area contributed by atoms with Gasteiger partial charge in [0.2, 0.25) is 11.8 Å². The van der Waals surface area contributed by atoms with E-state index in [1.807, 2.05) is 54.6 Å². The molecule has 0 aliphatic heterocycles. The Morgan fingerprint density at radius 2 is 0.694 bits per heavy atom. The number of anilines is 3. The largest absolute Gasteiger partial charge is 0.416 e. The number of aromatic nitrogens is 4. The van der Waals surface area contributed by atoms with Gasteiger partial charge in [-0.15, -0.1) is 10.2 Å². The van der Waals surface area contributed by atoms with E-state index in [-0.39, 0.29) is 0 Å². The molecular formula is C56H43N5O. The molecule has 0 radical (unpaired) electrons. The van der Waals surface area contributed by atoms with Crippen LogP contribution in [-0.2, 0) is 0 Å². The van der Waals surface area contributed by atoms with Gasteiger partial charge in [0.25, 0.3) is 0 Å². The molecule has 0 saturated carbocycles. The molecule has 10 aromatic rings. The van der Waals surface area contributed by atoms with Crippen molar-refractivity contribution in [2.75, 3.05) is 4.90 Å². The summed E-state index contributed by atoms with van der Waals surface area (Å²) in [5.74, 6) is 0.963. The van der Waals surface area contributed by atoms with Crippen LogP contribution >= 0.6 is 0 Å². The summed E-state index contributed by atoms with van der Waals surface area (Å²) in [6, 6.07) is 65.4. The lowest BCUT2D eigenvalue weighted by atomic mass is 9.90. The minimum Gasteiger partial charge on any atom is -0.416 e. The highest BCUT2D eigenvalue weighted by molar-refractivity contribution is 5.96. The molecule has 2 heterocycles. The van der Waals surface area contributed by atoms with Crippen molar-refractivity contribution >= 4 is 28.1 Å². The zero-order valence-corrected chi connectivity index (χ0v) is 35.0. The summed E-state index contributed by atoms with van der Waals surface area (Å²) in [7, 11) is 0. The predicted octanol–water partition coefficient (Wildman–Crippen LogP) is 14.7. The summed E-state index contributed by atoms with van der Waals surface area (Å²) in [6.45, 7) is 8.64. The van der Waals surface area contributed by atoms with Gasteiger partial charge in [-0.25, -0.2) is 9.97 Å². The second-order valence-electron chi connectivity index (χ2n) is 16.0. The molecule has 6 heteroatoms. The van der Waals surface area contributed by atoms with Gasteiger partial charge >= 0.3 is 0 Å². The van der Waals surface area contributed by atoms with Crippen LogP contribution in [0.15, 0.2) is 192 Å². The molecule has 0 fully saturated rings. The predicted molar refractivity (Wildman–Crippen MR) is 254 cm³/mol. The zero-order valence-electron chi connectivity index (χ0n) is 35.0. The van der Waals surface area contributed by atoms with Crippen molar-refractivity contribution in [2.45, 2.75) is 27.7 Å². The average Bonchev–Trinajstić information content (AvgIpc) is 3.80. The molecule has 62 heavy (non-hydrogen) atoms. The third kappa shape index (κ3) is 7.66. The number of benzene rings is 8. The van der Waals surface area contributed by atoms with Crippen LogP contribution in [0.4, 0.5) is 17.1 Å². The van der Waals surface area contributed by atoms with E-state index in [2.05, 4.69) is 176 Å². The third-order valence-electron chi connectivity index (χ3n) is 11.1. The van der Waals surface area contributed by atoms with Crippen LogP contribution in [0.2, 0.25) is 0 Å². The van der Waals surface area contributed by atoms with Crippen LogP contribution in [0.5, 0.6) is 0 Å². The van der Waals surface area contributed by atoms with Gasteiger partial charge in [0, 0.05) is 39.3 Å². The Bertz CT molecular complexity index is 3160. The van der Waals surface area contributed by atoms with E-state index in [9.17, 15) is 0 Å². The molecule has 0 saturated heterocycles. The van der Waals surface area contributed by atoms with Gasteiger partial charge < -0.3 is 9.32 Å². The minimum absolute atomic E-state index is 0.472. The lowest BCUT2D eigenvalue weighted by molar-refractivity contribution is 0.584. The SMILES string of the molecule is Cc1cc(C)cc(-c2cc3nc(-c4ccccc4)c(-c4ccc(N(c5ccccc5)c5ccc(-c6nnc(-c7ccccc7)o6)cc5)cc4)nc3cc2-c2cc(C)cc(C)c2)c1. The summed E-state index contributed by atoms with van der Waals surface area (Å²) >= 11 is 0. The molecule has 0 N–H and O–H groups in total. The fourth-order valence-electron chi connectivity index (χ4n) is 8.42. The quantitative estimate of drug-likeness (QED) is 0.145. The van der Waals surface area contributed by atoms with Gasteiger partial charge in [0.1, 0.15) is 0 Å². The fourth-order valence-corrected chi connectivity index (χ4v) is 8.42. The molecule has 0 spiro atoms. The van der Waals surface area contributed by atoms with Crippen molar-refractivity contribution in [1.29, 1.82) is 0 Å². The van der Waals surface area contributed by atoms with Crippen molar-refractivity contribution in [3.63, 3.8) is 0 Å². The fraction of sp³-hybridized carbons (Fsp3) is 0.0714. The molecule has 10 rings (SSSR count). The number of nitrogens with zero attached hydrogens (tertiary/aromatic N) is 5. The Labute approximate surface area is 361 Å². The number of para-hydroxylation sites is 1. The summed E-state index contributed by atoms with van der Waals surface area (Å²) in [5, 5.41) is 8.65. The molecule has 0 unspecified atom stereocenters. The number of rotatable bonds is 9. The maximum atomic E-state index is 6.07. The Morgan fingerprint density at radius 3 is 1.15 bits per heavy atom. The normalized spacial score (nSPS) is 11.2. The highest BCUT2D eigenvalue weighted by atomic mass is 16.4. The van der Waals surface area contributed by atoms with Crippen LogP contribution in [0.3, 0.4) is 0 Å². The van der Waals surface area contributed by atoms with Crippen LogP contribution in [0.25, 0.3) is 78.7 Å². The zero-order chi connectivity index (χ0) is 42.2. The average molecular weight is 802 g/mol. The van der Waals surface area contributed by atoms with Crippen molar-refractivity contribution in [1.82, 2.24) is 20.2 Å². The number of aryl methyl sites for hydroxylation is 4. The van der Waals surface area contributed by atoms with E-state index >= 15 is 0 Å². The molecular weight excluding hydrogens is 759 g/mol. The Kier molecular flexibility index (Phi) is 10.0. The van der Waals surface area contributed by atoms with Crippen molar-refractivity contribution in [2.24, 2.45) is 0 Å². The molecule has 298 valence electrons. The molecule has 0 atom stereocenters. The van der Waals surface area contributed by atoms with Crippen LogP contribution in [0, 0.1) is 27.7 Å². The van der Waals surface area contributed by atoms with Crippen LogP contribution < -0.4 is 4.90 Å². The van der Waals surface area contributed by atoms with E-state index in [1.54, 1.807) is 0 Å². The van der Waals surface area contributed by atoms with Gasteiger partial charge in [-0.05, 0) is 123 Å². The molecule has 2 aromatic heterocycles. The van der Waals surface area contributed by atoms with Crippen LogP contribution in [-0.4, -0.2) is 20.2 Å². The van der Waals surface area contributed by atoms with E-state index in [0.717, 1.165) is 72.9 Å². The minimum atomic E-state index is 0.472. The van der Waals surface area contributed by atoms with Crippen molar-refractivity contribution < 1.29 is 4.42 Å². The Morgan fingerprint density at radius 1 is 0.339 bits per heavy atom. The van der Waals surface area contributed by atoms with Gasteiger partial charge in [0.05, 0.1) is 22.4 Å². The highest BCUT2D eigenvalue weighted by Gasteiger charge is 2.20. The van der Waals surface area contributed by atoms with Crippen molar-refractivity contribution in [3.8, 4) is 67.7 Å². The maximum Gasteiger partial charge on any atom is 0.248 e. The standard InChI is InChI=1S/C56H43N5O/c1-36-28-37(2)31-44(30-36)49-34-51-52(35-50(49)45-32-38(3)29-39(4)33-45)58-54(53(57-51)40-14-8-5-9-15-40)41-20-24-47(25-21-41)61(46-18-12-7-13-19-46)48-26-22-43(23-27-48)56-60-59-55(62-56)42-16-10-6-11-17-42/h5-35H,1-4H3. The van der Waals surface area contributed by atoms with Gasteiger partial charge in [-0.2, -0.15) is 0 Å². The van der Waals surface area contributed by atoms with Crippen LogP contribution in [0.1, 0.15) is 22.3 Å². The third-order valence-corrected chi connectivity index (χ3v) is 11.1. The second kappa shape index (κ2) is 16.2. The number of hydrogen-bond acceptors (Lipinski definition) is 6. The monoisotopic (exact) mass is 801 g/mol. The molecule has 6 nitrogen and oxygen atoms in total. The molecule has 0 aliphatic carbocycles.